The van der Waals surface area contributed by atoms with E-state index in [2.05, 4.69) is 5.10 Å². The maximum Gasteiger partial charge on any atom is 0.0836 e. The third-order valence-electron chi connectivity index (χ3n) is 2.74. The molecule has 0 saturated carbocycles. The average Bonchev–Trinajstić information content (AvgIpc) is 2.54. The highest BCUT2D eigenvalue weighted by atomic mass is 35.5. The number of aliphatic hydroxyl groups is 1. The Hall–Kier alpha value is -1.03. The van der Waals surface area contributed by atoms with Gasteiger partial charge in [-0.05, 0) is 32.0 Å². The monoisotopic (exact) mass is 270 g/mol. The first-order valence-corrected chi connectivity index (χ1v) is 5.91. The quantitative estimate of drug-likeness (QED) is 0.910. The van der Waals surface area contributed by atoms with Crippen molar-refractivity contribution in [3.8, 4) is 5.69 Å². The molecule has 0 radical (unpaired) electrons. The highest BCUT2D eigenvalue weighted by Crippen LogP contribution is 2.26. The fourth-order valence-corrected chi connectivity index (χ4v) is 2.28. The molecule has 90 valence electrons. The molecule has 2 aromatic rings. The smallest absolute Gasteiger partial charge is 0.0836 e. The molecule has 0 aliphatic heterocycles. The van der Waals surface area contributed by atoms with Crippen molar-refractivity contribution in [2.24, 2.45) is 0 Å². The van der Waals surface area contributed by atoms with Crippen molar-refractivity contribution in [2.75, 3.05) is 0 Å². The Labute approximate surface area is 110 Å². The lowest BCUT2D eigenvalue weighted by Crippen LogP contribution is -2.00. The number of hydrogen-bond donors (Lipinski definition) is 1. The van der Waals surface area contributed by atoms with Crippen LogP contribution < -0.4 is 0 Å². The summed E-state index contributed by atoms with van der Waals surface area (Å²) in [5.74, 6) is 0. The molecule has 0 atom stereocenters. The van der Waals surface area contributed by atoms with Crippen molar-refractivity contribution in [1.29, 1.82) is 0 Å². The number of aromatic nitrogens is 2. The van der Waals surface area contributed by atoms with E-state index in [1.807, 2.05) is 19.9 Å². The van der Waals surface area contributed by atoms with Crippen LogP contribution in [0.25, 0.3) is 5.69 Å². The van der Waals surface area contributed by atoms with Crippen LogP contribution in [-0.4, -0.2) is 14.9 Å². The minimum atomic E-state index is -0.0249. The summed E-state index contributed by atoms with van der Waals surface area (Å²) in [5.41, 5.74) is 3.28. The van der Waals surface area contributed by atoms with Crippen molar-refractivity contribution < 1.29 is 5.11 Å². The first kappa shape index (κ1) is 12.4. The molecule has 0 bridgehead atoms. The van der Waals surface area contributed by atoms with Crippen LogP contribution >= 0.6 is 23.2 Å². The highest BCUT2D eigenvalue weighted by molar-refractivity contribution is 6.35. The van der Waals surface area contributed by atoms with E-state index in [0.29, 0.717) is 10.0 Å². The Morgan fingerprint density at radius 1 is 1.29 bits per heavy atom. The minimum absolute atomic E-state index is 0.0249. The van der Waals surface area contributed by atoms with Crippen molar-refractivity contribution >= 4 is 23.2 Å². The van der Waals surface area contributed by atoms with Gasteiger partial charge >= 0.3 is 0 Å². The van der Waals surface area contributed by atoms with Crippen LogP contribution in [0.5, 0.6) is 0 Å². The van der Waals surface area contributed by atoms with Gasteiger partial charge in [0.15, 0.2) is 0 Å². The molecule has 1 aromatic carbocycles. The van der Waals surface area contributed by atoms with Gasteiger partial charge in [-0.1, -0.05) is 23.2 Å². The Kier molecular flexibility index (Phi) is 3.43. The number of aryl methyl sites for hydroxylation is 1. The largest absolute Gasteiger partial charge is 0.392 e. The van der Waals surface area contributed by atoms with E-state index in [1.165, 1.54) is 0 Å². The number of aliphatic hydroxyl groups excluding tert-OH is 1. The molecule has 1 heterocycles. The van der Waals surface area contributed by atoms with Gasteiger partial charge in [-0.2, -0.15) is 5.10 Å². The number of rotatable bonds is 2. The molecule has 0 spiro atoms. The summed E-state index contributed by atoms with van der Waals surface area (Å²) in [7, 11) is 0. The van der Waals surface area contributed by atoms with Crippen LogP contribution in [0.4, 0.5) is 0 Å². The molecular weight excluding hydrogens is 259 g/mol. The van der Waals surface area contributed by atoms with Gasteiger partial charge in [-0.15, -0.1) is 0 Å². The lowest BCUT2D eigenvalue weighted by Gasteiger charge is -2.07. The van der Waals surface area contributed by atoms with Crippen LogP contribution in [-0.2, 0) is 6.61 Å². The Bertz CT molecular complexity index is 564. The van der Waals surface area contributed by atoms with Gasteiger partial charge in [-0.25, -0.2) is 4.68 Å². The van der Waals surface area contributed by atoms with Gasteiger partial charge in [-0.3, -0.25) is 0 Å². The Balaban J connectivity index is 2.61. The molecule has 3 nitrogen and oxygen atoms in total. The van der Waals surface area contributed by atoms with Crippen LogP contribution in [0, 0.1) is 13.8 Å². The van der Waals surface area contributed by atoms with E-state index in [1.54, 1.807) is 16.8 Å². The second-order valence-corrected chi connectivity index (χ2v) is 4.66. The van der Waals surface area contributed by atoms with Gasteiger partial charge in [0.2, 0.25) is 0 Å². The zero-order valence-corrected chi connectivity index (χ0v) is 11.0. The second kappa shape index (κ2) is 4.69. The average molecular weight is 271 g/mol. The molecular formula is C12H12Cl2N2O. The summed E-state index contributed by atoms with van der Waals surface area (Å²) in [6.45, 7) is 3.73. The first-order valence-electron chi connectivity index (χ1n) is 5.16. The second-order valence-electron chi connectivity index (χ2n) is 3.82. The molecule has 1 N–H and O–H groups in total. The molecule has 17 heavy (non-hydrogen) atoms. The third kappa shape index (κ3) is 2.18. The number of nitrogens with zero attached hydrogens (tertiary/aromatic N) is 2. The fourth-order valence-electron chi connectivity index (χ4n) is 1.79. The SMILES string of the molecule is Cc1nn(-c2ccc(Cl)cc2Cl)c(C)c1CO. The normalized spacial score (nSPS) is 10.9. The zero-order chi connectivity index (χ0) is 12.6. The third-order valence-corrected chi connectivity index (χ3v) is 3.28. The van der Waals surface area contributed by atoms with E-state index in [9.17, 15) is 5.11 Å². The van der Waals surface area contributed by atoms with E-state index in [-0.39, 0.29) is 6.61 Å². The number of benzene rings is 1. The maximum atomic E-state index is 9.27. The summed E-state index contributed by atoms with van der Waals surface area (Å²) >= 11 is 12.0. The van der Waals surface area contributed by atoms with Gasteiger partial charge in [0.05, 0.1) is 23.0 Å². The highest BCUT2D eigenvalue weighted by Gasteiger charge is 2.13. The summed E-state index contributed by atoms with van der Waals surface area (Å²) in [5, 5.41) is 14.8. The van der Waals surface area contributed by atoms with Gasteiger partial charge in [0.1, 0.15) is 0 Å². The lowest BCUT2D eigenvalue weighted by atomic mass is 10.2. The molecule has 2 rings (SSSR count). The predicted octanol–water partition coefficient (Wildman–Crippen LogP) is 3.29. The topological polar surface area (TPSA) is 38.0 Å². The fraction of sp³-hybridized carbons (Fsp3) is 0.250. The molecule has 5 heteroatoms. The van der Waals surface area contributed by atoms with Crippen LogP contribution in [0.1, 0.15) is 17.0 Å². The zero-order valence-electron chi connectivity index (χ0n) is 9.54. The summed E-state index contributed by atoms with van der Waals surface area (Å²) < 4.78 is 1.72. The first-order chi connectivity index (χ1) is 8.04. The van der Waals surface area contributed by atoms with E-state index in [0.717, 1.165) is 22.6 Å². The van der Waals surface area contributed by atoms with E-state index in [4.69, 9.17) is 23.2 Å². The summed E-state index contributed by atoms with van der Waals surface area (Å²) in [4.78, 5) is 0. The van der Waals surface area contributed by atoms with E-state index < -0.39 is 0 Å². The number of halogens is 2. The number of hydrogen-bond acceptors (Lipinski definition) is 2. The van der Waals surface area contributed by atoms with Gasteiger partial charge in [0.25, 0.3) is 0 Å². The van der Waals surface area contributed by atoms with E-state index >= 15 is 0 Å². The Morgan fingerprint density at radius 2 is 2.00 bits per heavy atom. The molecule has 1 aromatic heterocycles. The van der Waals surface area contributed by atoms with Crippen LogP contribution in [0.3, 0.4) is 0 Å². The minimum Gasteiger partial charge on any atom is -0.392 e. The van der Waals surface area contributed by atoms with Crippen LogP contribution in [0.2, 0.25) is 10.0 Å². The molecule has 0 unspecified atom stereocenters. The Morgan fingerprint density at radius 3 is 2.53 bits per heavy atom. The molecule has 0 saturated heterocycles. The van der Waals surface area contributed by atoms with Crippen molar-refractivity contribution in [2.45, 2.75) is 20.5 Å². The molecule has 0 aliphatic rings. The van der Waals surface area contributed by atoms with Gasteiger partial charge < -0.3 is 5.11 Å². The maximum absolute atomic E-state index is 9.27. The predicted molar refractivity (Wildman–Crippen MR) is 69.0 cm³/mol. The van der Waals surface area contributed by atoms with Crippen molar-refractivity contribution in [3.63, 3.8) is 0 Å². The molecule has 0 amide bonds. The van der Waals surface area contributed by atoms with Crippen LogP contribution in [0.15, 0.2) is 18.2 Å². The van der Waals surface area contributed by atoms with Gasteiger partial charge in [0, 0.05) is 16.3 Å². The van der Waals surface area contributed by atoms with Crippen molar-refractivity contribution in [1.82, 2.24) is 9.78 Å². The molecule has 0 fully saturated rings. The van der Waals surface area contributed by atoms with Crippen molar-refractivity contribution in [3.05, 3.63) is 45.2 Å². The lowest BCUT2D eigenvalue weighted by molar-refractivity contribution is 0.280. The standard InChI is InChI=1S/C12H12Cl2N2O/c1-7-10(6-17)8(2)16(15-7)12-4-3-9(13)5-11(12)14/h3-5,17H,6H2,1-2H3. The molecule has 0 aliphatic carbocycles. The summed E-state index contributed by atoms with van der Waals surface area (Å²) in [6, 6.07) is 5.25. The summed E-state index contributed by atoms with van der Waals surface area (Å²) in [6.07, 6.45) is 0.